The molecule has 0 saturated heterocycles. The first-order chi connectivity index (χ1) is 7.85. The monoisotopic (exact) mass is 279 g/mol. The summed E-state index contributed by atoms with van der Waals surface area (Å²) < 4.78 is 24.8. The second-order valence-corrected chi connectivity index (χ2v) is 5.99. The standard InChI is InChI=1S/C10H14ClNO4S/c1-3-12-8(13)6-7(2)9(10(12)14)17(15,16)5-4-11/h6,14H,3-5H2,1-2H3. The molecule has 0 atom stereocenters. The molecule has 0 spiro atoms. The van der Waals surface area contributed by atoms with Crippen molar-refractivity contribution < 1.29 is 13.5 Å². The van der Waals surface area contributed by atoms with Gasteiger partial charge in [-0.25, -0.2) is 8.42 Å². The summed E-state index contributed by atoms with van der Waals surface area (Å²) in [7, 11) is -3.66. The molecule has 96 valence electrons. The van der Waals surface area contributed by atoms with Gasteiger partial charge in [0, 0.05) is 18.5 Å². The minimum atomic E-state index is -3.66. The third kappa shape index (κ3) is 2.63. The Kier molecular flexibility index (Phi) is 4.21. The Balaban J connectivity index is 3.61. The maximum Gasteiger partial charge on any atom is 0.253 e. The van der Waals surface area contributed by atoms with Gasteiger partial charge < -0.3 is 5.11 Å². The number of halogens is 1. The fourth-order valence-corrected chi connectivity index (χ4v) is 3.58. The molecule has 0 aliphatic carbocycles. The zero-order chi connectivity index (χ0) is 13.2. The molecule has 1 aromatic rings. The van der Waals surface area contributed by atoms with E-state index in [0.29, 0.717) is 0 Å². The predicted molar refractivity (Wildman–Crippen MR) is 65.6 cm³/mol. The van der Waals surface area contributed by atoms with Crippen molar-refractivity contribution in [3.05, 3.63) is 22.0 Å². The average molecular weight is 280 g/mol. The SMILES string of the molecule is CCn1c(O)c(S(=O)(=O)CCCl)c(C)cc1=O. The Labute approximate surface area is 105 Å². The molecular formula is C10H14ClNO4S. The summed E-state index contributed by atoms with van der Waals surface area (Å²) >= 11 is 5.42. The summed E-state index contributed by atoms with van der Waals surface area (Å²) in [5.41, 5.74) is -0.186. The van der Waals surface area contributed by atoms with Gasteiger partial charge in [0.1, 0.15) is 4.90 Å². The summed E-state index contributed by atoms with van der Waals surface area (Å²) in [4.78, 5) is 11.3. The van der Waals surface area contributed by atoms with Gasteiger partial charge in [0.25, 0.3) is 5.56 Å². The van der Waals surface area contributed by atoms with Crippen molar-refractivity contribution in [2.75, 3.05) is 11.6 Å². The maximum atomic E-state index is 11.9. The Hall–Kier alpha value is -1.01. The van der Waals surface area contributed by atoms with E-state index in [2.05, 4.69) is 0 Å². The summed E-state index contributed by atoms with van der Waals surface area (Å²) in [5, 5.41) is 9.85. The van der Waals surface area contributed by atoms with E-state index < -0.39 is 21.3 Å². The number of nitrogens with zero attached hydrogens (tertiary/aromatic N) is 1. The molecule has 1 rings (SSSR count). The van der Waals surface area contributed by atoms with E-state index in [1.54, 1.807) is 6.92 Å². The number of aryl methyl sites for hydroxylation is 1. The summed E-state index contributed by atoms with van der Waals surface area (Å²) in [6.07, 6.45) is 0. The number of hydrogen-bond donors (Lipinski definition) is 1. The van der Waals surface area contributed by atoms with Crippen LogP contribution in [-0.2, 0) is 16.4 Å². The largest absolute Gasteiger partial charge is 0.493 e. The summed E-state index contributed by atoms with van der Waals surface area (Å²) in [6, 6.07) is 1.20. The molecule has 7 heteroatoms. The molecular weight excluding hydrogens is 266 g/mol. The number of hydrogen-bond acceptors (Lipinski definition) is 4. The maximum absolute atomic E-state index is 11.9. The number of aromatic nitrogens is 1. The highest BCUT2D eigenvalue weighted by molar-refractivity contribution is 7.91. The smallest absolute Gasteiger partial charge is 0.253 e. The topological polar surface area (TPSA) is 76.4 Å². The molecule has 0 aliphatic heterocycles. The van der Waals surface area contributed by atoms with Crippen molar-refractivity contribution in [2.45, 2.75) is 25.3 Å². The van der Waals surface area contributed by atoms with Gasteiger partial charge in [-0.2, -0.15) is 0 Å². The van der Waals surface area contributed by atoms with Crippen LogP contribution in [0.4, 0.5) is 0 Å². The molecule has 17 heavy (non-hydrogen) atoms. The van der Waals surface area contributed by atoms with E-state index in [-0.39, 0.29) is 28.6 Å². The third-order valence-corrected chi connectivity index (χ3v) is 4.68. The predicted octanol–water partition coefficient (Wildman–Crippen LogP) is 0.895. The molecule has 1 heterocycles. The van der Waals surface area contributed by atoms with E-state index >= 15 is 0 Å². The highest BCUT2D eigenvalue weighted by Crippen LogP contribution is 2.25. The minimum Gasteiger partial charge on any atom is -0.493 e. The van der Waals surface area contributed by atoms with Crippen LogP contribution in [-0.4, -0.2) is 29.7 Å². The lowest BCUT2D eigenvalue weighted by atomic mass is 10.3. The first-order valence-electron chi connectivity index (χ1n) is 5.07. The van der Waals surface area contributed by atoms with Gasteiger partial charge in [-0.3, -0.25) is 9.36 Å². The van der Waals surface area contributed by atoms with E-state index in [4.69, 9.17) is 11.6 Å². The molecule has 5 nitrogen and oxygen atoms in total. The number of alkyl halides is 1. The second kappa shape index (κ2) is 5.10. The molecule has 0 saturated carbocycles. The molecule has 1 N–H and O–H groups in total. The van der Waals surface area contributed by atoms with E-state index in [0.717, 1.165) is 4.57 Å². The quantitative estimate of drug-likeness (QED) is 0.831. The van der Waals surface area contributed by atoms with Gasteiger partial charge in [-0.1, -0.05) is 0 Å². The fourth-order valence-electron chi connectivity index (χ4n) is 1.63. The van der Waals surface area contributed by atoms with Gasteiger partial charge in [0.05, 0.1) is 5.75 Å². The molecule has 0 radical (unpaired) electrons. The van der Waals surface area contributed by atoms with Crippen molar-refractivity contribution in [3.8, 4) is 5.88 Å². The van der Waals surface area contributed by atoms with Gasteiger partial charge >= 0.3 is 0 Å². The van der Waals surface area contributed by atoms with Gasteiger partial charge in [0.2, 0.25) is 5.88 Å². The van der Waals surface area contributed by atoms with Crippen molar-refractivity contribution in [2.24, 2.45) is 0 Å². The summed E-state index contributed by atoms with van der Waals surface area (Å²) in [6.45, 7) is 3.32. The molecule has 1 aromatic heterocycles. The van der Waals surface area contributed by atoms with Gasteiger partial charge in [-0.15, -0.1) is 11.6 Å². The van der Waals surface area contributed by atoms with Crippen molar-refractivity contribution >= 4 is 21.4 Å². The molecule has 0 aromatic carbocycles. The van der Waals surface area contributed by atoms with Crippen LogP contribution in [0.2, 0.25) is 0 Å². The first-order valence-corrected chi connectivity index (χ1v) is 7.26. The Morgan fingerprint density at radius 2 is 2.06 bits per heavy atom. The first kappa shape index (κ1) is 14.1. The lowest BCUT2D eigenvalue weighted by molar-refractivity contribution is 0.393. The highest BCUT2D eigenvalue weighted by atomic mass is 35.5. The third-order valence-electron chi connectivity index (χ3n) is 2.40. The molecule has 0 unspecified atom stereocenters. The number of pyridine rings is 1. The lowest BCUT2D eigenvalue weighted by Gasteiger charge is -2.13. The average Bonchev–Trinajstić information content (AvgIpc) is 2.16. The van der Waals surface area contributed by atoms with Crippen molar-refractivity contribution in [1.29, 1.82) is 0 Å². The fraction of sp³-hybridized carbons (Fsp3) is 0.500. The molecule has 0 amide bonds. The number of sulfone groups is 1. The van der Waals surface area contributed by atoms with Crippen LogP contribution in [0, 0.1) is 6.92 Å². The second-order valence-electron chi connectivity index (χ2n) is 3.57. The van der Waals surface area contributed by atoms with E-state index in [1.165, 1.54) is 13.0 Å². The van der Waals surface area contributed by atoms with Crippen LogP contribution in [0.1, 0.15) is 12.5 Å². The Bertz CT molecular complexity index is 577. The number of aromatic hydroxyl groups is 1. The Morgan fingerprint density at radius 1 is 1.47 bits per heavy atom. The van der Waals surface area contributed by atoms with Crippen molar-refractivity contribution in [3.63, 3.8) is 0 Å². The Morgan fingerprint density at radius 3 is 2.53 bits per heavy atom. The lowest BCUT2D eigenvalue weighted by Crippen LogP contribution is -2.22. The normalized spacial score (nSPS) is 11.7. The van der Waals surface area contributed by atoms with E-state index in [1.807, 2.05) is 0 Å². The van der Waals surface area contributed by atoms with Crippen LogP contribution in [0.5, 0.6) is 5.88 Å². The zero-order valence-corrected chi connectivity index (χ0v) is 11.2. The summed E-state index contributed by atoms with van der Waals surface area (Å²) in [5.74, 6) is -0.847. The molecule has 0 aliphatic rings. The van der Waals surface area contributed by atoms with Crippen LogP contribution in [0.25, 0.3) is 0 Å². The minimum absolute atomic E-state index is 0.0630. The van der Waals surface area contributed by atoms with Crippen LogP contribution in [0.15, 0.2) is 15.8 Å². The van der Waals surface area contributed by atoms with Crippen LogP contribution in [0.3, 0.4) is 0 Å². The van der Waals surface area contributed by atoms with Gasteiger partial charge in [-0.05, 0) is 19.4 Å². The zero-order valence-electron chi connectivity index (χ0n) is 9.60. The van der Waals surface area contributed by atoms with Crippen molar-refractivity contribution in [1.82, 2.24) is 4.57 Å². The van der Waals surface area contributed by atoms with Gasteiger partial charge in [0.15, 0.2) is 9.84 Å². The molecule has 0 bridgehead atoms. The molecule has 0 fully saturated rings. The highest BCUT2D eigenvalue weighted by Gasteiger charge is 2.24. The van der Waals surface area contributed by atoms with Crippen LogP contribution < -0.4 is 5.56 Å². The van der Waals surface area contributed by atoms with Crippen LogP contribution >= 0.6 is 11.6 Å². The number of rotatable bonds is 4. The van der Waals surface area contributed by atoms with E-state index in [9.17, 15) is 18.3 Å².